The summed E-state index contributed by atoms with van der Waals surface area (Å²) in [6.45, 7) is -0.111. The maximum Gasteiger partial charge on any atom is 0.178 e. The van der Waals surface area contributed by atoms with E-state index in [9.17, 15) is 4.79 Å². The maximum absolute atomic E-state index is 10.6. The molecular weight excluding hydrogens is 172 g/mol. The van der Waals surface area contributed by atoms with E-state index in [4.69, 9.17) is 21.8 Å². The van der Waals surface area contributed by atoms with Crippen molar-refractivity contribution in [2.75, 3.05) is 25.7 Å². The molecule has 4 nitrogen and oxygen atoms in total. The van der Waals surface area contributed by atoms with Gasteiger partial charge in [0, 0.05) is 0 Å². The van der Waals surface area contributed by atoms with Gasteiger partial charge in [-0.2, -0.15) is 0 Å². The molecule has 1 unspecified atom stereocenters. The van der Waals surface area contributed by atoms with E-state index in [1.165, 1.54) is 0 Å². The van der Waals surface area contributed by atoms with Crippen LogP contribution < -0.4 is 0 Å². The summed E-state index contributed by atoms with van der Waals surface area (Å²) in [6.07, 6.45) is -1.17. The zero-order chi connectivity index (χ0) is 8.69. The van der Waals surface area contributed by atoms with Crippen molar-refractivity contribution in [1.29, 1.82) is 0 Å². The van der Waals surface area contributed by atoms with Gasteiger partial charge in [-0.15, -0.1) is 11.6 Å². The van der Waals surface area contributed by atoms with Crippen molar-refractivity contribution < 1.29 is 19.7 Å². The first-order valence-electron chi connectivity index (χ1n) is 3.17. The van der Waals surface area contributed by atoms with E-state index in [1.807, 2.05) is 0 Å². The SMILES string of the molecule is O=C(CCl)C(O)COCCO. The lowest BCUT2D eigenvalue weighted by Gasteiger charge is -2.06. The lowest BCUT2D eigenvalue weighted by atomic mass is 10.3. The number of carbonyl (C=O) groups excluding carboxylic acids is 1. The predicted molar refractivity (Wildman–Crippen MR) is 39.6 cm³/mol. The Morgan fingerprint density at radius 2 is 2.27 bits per heavy atom. The van der Waals surface area contributed by atoms with Gasteiger partial charge < -0.3 is 14.9 Å². The van der Waals surface area contributed by atoms with Gasteiger partial charge in [-0.05, 0) is 0 Å². The summed E-state index contributed by atoms with van der Waals surface area (Å²) in [5.41, 5.74) is 0. The number of rotatable bonds is 6. The normalized spacial score (nSPS) is 13.0. The third-order valence-corrected chi connectivity index (χ3v) is 1.28. The number of ketones is 1. The smallest absolute Gasteiger partial charge is 0.178 e. The fourth-order valence-corrected chi connectivity index (χ4v) is 0.620. The number of alkyl halides is 1. The first-order chi connectivity index (χ1) is 5.22. The van der Waals surface area contributed by atoms with Gasteiger partial charge in [-0.1, -0.05) is 0 Å². The first-order valence-corrected chi connectivity index (χ1v) is 3.71. The van der Waals surface area contributed by atoms with Gasteiger partial charge in [0.15, 0.2) is 5.78 Å². The Balaban J connectivity index is 3.36. The molecule has 0 spiro atoms. The molecule has 0 aliphatic heterocycles. The molecule has 0 bridgehead atoms. The van der Waals surface area contributed by atoms with Crippen LogP contribution in [0.1, 0.15) is 0 Å². The van der Waals surface area contributed by atoms with Crippen LogP contribution in [0.3, 0.4) is 0 Å². The number of Topliss-reactive ketones (excluding diaryl/α,β-unsaturated/α-hetero) is 1. The summed E-state index contributed by atoms with van der Waals surface area (Å²) in [5, 5.41) is 17.2. The maximum atomic E-state index is 10.6. The minimum absolute atomic E-state index is 0.105. The second-order valence-electron chi connectivity index (χ2n) is 1.91. The summed E-state index contributed by atoms with van der Waals surface area (Å²) in [6, 6.07) is 0. The number of aliphatic hydroxyl groups excluding tert-OH is 2. The van der Waals surface area contributed by atoms with Gasteiger partial charge in [0.1, 0.15) is 6.10 Å². The average molecular weight is 183 g/mol. The summed E-state index contributed by atoms with van der Waals surface area (Å²) in [7, 11) is 0. The molecule has 0 radical (unpaired) electrons. The Bertz CT molecular complexity index is 117. The lowest BCUT2D eigenvalue weighted by Crippen LogP contribution is -2.27. The Morgan fingerprint density at radius 3 is 2.73 bits per heavy atom. The predicted octanol–water partition coefficient (Wildman–Crippen LogP) is -0.836. The minimum Gasteiger partial charge on any atom is -0.394 e. The second-order valence-corrected chi connectivity index (χ2v) is 2.18. The Morgan fingerprint density at radius 1 is 1.64 bits per heavy atom. The van der Waals surface area contributed by atoms with Crippen LogP contribution in [0, 0.1) is 0 Å². The van der Waals surface area contributed by atoms with E-state index >= 15 is 0 Å². The summed E-state index contributed by atoms with van der Waals surface area (Å²) >= 11 is 5.15. The highest BCUT2D eigenvalue weighted by Gasteiger charge is 2.12. The van der Waals surface area contributed by atoms with E-state index in [1.54, 1.807) is 0 Å². The van der Waals surface area contributed by atoms with E-state index in [0.717, 1.165) is 0 Å². The topological polar surface area (TPSA) is 66.8 Å². The Labute approximate surface area is 69.7 Å². The Kier molecular flexibility index (Phi) is 6.45. The van der Waals surface area contributed by atoms with Crippen molar-refractivity contribution in [3.8, 4) is 0 Å². The first kappa shape index (κ1) is 10.8. The van der Waals surface area contributed by atoms with Crippen molar-refractivity contribution in [2.24, 2.45) is 0 Å². The fraction of sp³-hybridized carbons (Fsp3) is 0.833. The van der Waals surface area contributed by atoms with Crippen LogP contribution in [0.5, 0.6) is 0 Å². The van der Waals surface area contributed by atoms with Crippen LogP contribution in [-0.2, 0) is 9.53 Å². The van der Waals surface area contributed by atoms with Crippen molar-refractivity contribution >= 4 is 17.4 Å². The summed E-state index contributed by atoms with van der Waals surface area (Å²) in [5.74, 6) is -0.687. The molecule has 0 aliphatic carbocycles. The van der Waals surface area contributed by atoms with Crippen LogP contribution >= 0.6 is 11.6 Å². The van der Waals surface area contributed by atoms with Crippen LogP contribution in [0.25, 0.3) is 0 Å². The largest absolute Gasteiger partial charge is 0.394 e. The van der Waals surface area contributed by atoms with Gasteiger partial charge in [0.05, 0.1) is 25.7 Å². The molecule has 5 heteroatoms. The summed E-state index contributed by atoms with van der Waals surface area (Å²) in [4.78, 5) is 10.6. The molecule has 66 valence electrons. The molecule has 2 N–H and O–H groups in total. The van der Waals surface area contributed by atoms with E-state index in [-0.39, 0.29) is 25.7 Å². The monoisotopic (exact) mass is 182 g/mol. The standard InChI is InChI=1S/C6H11ClO4/c7-3-5(9)6(10)4-11-2-1-8/h6,8,10H,1-4H2. The van der Waals surface area contributed by atoms with Gasteiger partial charge >= 0.3 is 0 Å². The zero-order valence-electron chi connectivity index (χ0n) is 5.99. The summed E-state index contributed by atoms with van der Waals surface area (Å²) < 4.78 is 4.69. The lowest BCUT2D eigenvalue weighted by molar-refractivity contribution is -0.127. The number of aliphatic hydroxyl groups is 2. The second kappa shape index (κ2) is 6.54. The van der Waals surface area contributed by atoms with Crippen LogP contribution in [-0.4, -0.2) is 47.8 Å². The minimum atomic E-state index is -1.17. The zero-order valence-corrected chi connectivity index (χ0v) is 6.75. The molecule has 0 fully saturated rings. The highest BCUT2D eigenvalue weighted by molar-refractivity contribution is 6.28. The number of carbonyl (C=O) groups is 1. The fourth-order valence-electron chi connectivity index (χ4n) is 0.442. The average Bonchev–Trinajstić information content (AvgIpc) is 2.03. The number of hydrogen-bond donors (Lipinski definition) is 2. The van der Waals surface area contributed by atoms with E-state index in [0.29, 0.717) is 0 Å². The molecule has 0 heterocycles. The van der Waals surface area contributed by atoms with E-state index in [2.05, 4.69) is 4.74 Å². The van der Waals surface area contributed by atoms with Crippen LogP contribution in [0.4, 0.5) is 0 Å². The van der Waals surface area contributed by atoms with Crippen molar-refractivity contribution in [2.45, 2.75) is 6.10 Å². The molecular formula is C6H11ClO4. The third-order valence-electron chi connectivity index (χ3n) is 1.01. The number of hydrogen-bond acceptors (Lipinski definition) is 4. The molecule has 0 aromatic carbocycles. The number of halogens is 1. The quantitative estimate of drug-likeness (QED) is 0.416. The molecule has 1 atom stereocenters. The van der Waals surface area contributed by atoms with Gasteiger partial charge in [0.2, 0.25) is 0 Å². The third kappa shape index (κ3) is 5.15. The molecule has 0 rings (SSSR count). The molecule has 0 aromatic heterocycles. The van der Waals surface area contributed by atoms with Crippen LogP contribution in [0.2, 0.25) is 0 Å². The van der Waals surface area contributed by atoms with Crippen molar-refractivity contribution in [1.82, 2.24) is 0 Å². The molecule has 0 aromatic rings. The van der Waals surface area contributed by atoms with E-state index < -0.39 is 11.9 Å². The van der Waals surface area contributed by atoms with Crippen LogP contribution in [0.15, 0.2) is 0 Å². The highest BCUT2D eigenvalue weighted by atomic mass is 35.5. The number of ether oxygens (including phenoxy) is 1. The van der Waals surface area contributed by atoms with Crippen molar-refractivity contribution in [3.63, 3.8) is 0 Å². The Hall–Kier alpha value is -0.160. The van der Waals surface area contributed by atoms with Crippen molar-refractivity contribution in [3.05, 3.63) is 0 Å². The van der Waals surface area contributed by atoms with Gasteiger partial charge in [-0.3, -0.25) is 4.79 Å². The highest BCUT2D eigenvalue weighted by Crippen LogP contribution is 1.90. The molecule has 0 amide bonds. The molecule has 0 saturated carbocycles. The molecule has 0 aliphatic rings. The van der Waals surface area contributed by atoms with Gasteiger partial charge in [-0.25, -0.2) is 0 Å². The molecule has 0 saturated heterocycles. The molecule has 11 heavy (non-hydrogen) atoms. The van der Waals surface area contributed by atoms with Gasteiger partial charge in [0.25, 0.3) is 0 Å².